The summed E-state index contributed by atoms with van der Waals surface area (Å²) in [5.74, 6) is 1.27. The van der Waals surface area contributed by atoms with Crippen molar-refractivity contribution < 1.29 is 14.3 Å². The summed E-state index contributed by atoms with van der Waals surface area (Å²) in [7, 11) is 0. The lowest BCUT2D eigenvalue weighted by atomic mass is 9.93. The number of nitrogens with zero attached hydrogens (tertiary/aromatic N) is 1. The Balaban J connectivity index is 1.26. The molecule has 5 rings (SSSR count). The monoisotopic (exact) mass is 570 g/mol. The Morgan fingerprint density at radius 1 is 0.868 bits per heavy atom. The fourth-order valence-corrected chi connectivity index (χ4v) is 5.32. The van der Waals surface area contributed by atoms with Gasteiger partial charge in [-0.3, -0.25) is 4.79 Å². The number of benzene rings is 3. The number of ether oxygens (including phenoxy) is 2. The van der Waals surface area contributed by atoms with Crippen molar-refractivity contribution in [1.82, 2.24) is 10.2 Å². The largest absolute Gasteiger partial charge is 0.490 e. The number of para-hydroxylation sites is 1. The van der Waals surface area contributed by atoms with Crippen LogP contribution >= 0.6 is 34.8 Å². The maximum Gasteiger partial charge on any atom is 0.251 e. The molecule has 0 atom stereocenters. The van der Waals surface area contributed by atoms with Gasteiger partial charge in [0.25, 0.3) is 5.91 Å². The van der Waals surface area contributed by atoms with Crippen LogP contribution in [-0.2, 0) is 11.3 Å². The summed E-state index contributed by atoms with van der Waals surface area (Å²) < 4.78 is 11.5. The Morgan fingerprint density at radius 3 is 2.26 bits per heavy atom. The average molecular weight is 572 g/mol. The lowest BCUT2D eigenvalue weighted by Gasteiger charge is -2.28. The van der Waals surface area contributed by atoms with Crippen molar-refractivity contribution in [1.29, 1.82) is 0 Å². The van der Waals surface area contributed by atoms with Crippen molar-refractivity contribution in [3.05, 3.63) is 98.5 Å². The number of rotatable bonds is 10. The molecule has 8 heteroatoms. The van der Waals surface area contributed by atoms with E-state index in [1.54, 1.807) is 18.2 Å². The van der Waals surface area contributed by atoms with Crippen molar-refractivity contribution in [2.24, 2.45) is 0 Å². The van der Waals surface area contributed by atoms with Crippen molar-refractivity contribution in [3.8, 4) is 11.5 Å². The van der Waals surface area contributed by atoms with Gasteiger partial charge in [0.1, 0.15) is 19.0 Å². The molecule has 0 saturated heterocycles. The second-order valence-electron chi connectivity index (χ2n) is 9.41. The van der Waals surface area contributed by atoms with Gasteiger partial charge in [0.05, 0.1) is 10.0 Å². The predicted octanol–water partition coefficient (Wildman–Crippen LogP) is 7.04. The summed E-state index contributed by atoms with van der Waals surface area (Å²) in [4.78, 5) is 15.8. The second-order valence-corrected chi connectivity index (χ2v) is 10.6. The first-order chi connectivity index (χ1) is 18.5. The van der Waals surface area contributed by atoms with Crippen LogP contribution in [-0.4, -0.2) is 43.2 Å². The molecule has 2 aliphatic rings. The van der Waals surface area contributed by atoms with E-state index in [9.17, 15) is 4.79 Å². The highest BCUT2D eigenvalue weighted by Crippen LogP contribution is 2.34. The second kappa shape index (κ2) is 12.4. The normalized spacial score (nSPS) is 15.3. The lowest BCUT2D eigenvalue weighted by Crippen LogP contribution is -2.39. The van der Waals surface area contributed by atoms with Crippen molar-refractivity contribution in [2.75, 3.05) is 26.3 Å². The molecule has 1 aliphatic heterocycles. The molecule has 1 N–H and O–H groups in total. The van der Waals surface area contributed by atoms with Crippen LogP contribution in [0, 0.1) is 0 Å². The Bertz CT molecular complexity index is 1300. The number of carbonyl (C=O) groups is 1. The van der Waals surface area contributed by atoms with E-state index in [2.05, 4.69) is 5.32 Å². The molecule has 198 valence electrons. The molecular weight excluding hydrogens is 543 g/mol. The fourth-order valence-electron chi connectivity index (χ4n) is 4.62. The predicted molar refractivity (Wildman–Crippen MR) is 153 cm³/mol. The van der Waals surface area contributed by atoms with Gasteiger partial charge in [0, 0.05) is 29.7 Å². The number of nitrogens with one attached hydrogen (secondary N) is 1. The van der Waals surface area contributed by atoms with E-state index < -0.39 is 0 Å². The molecule has 0 bridgehead atoms. The maximum atomic E-state index is 13.8. The van der Waals surface area contributed by atoms with Crippen molar-refractivity contribution >= 4 is 46.3 Å². The lowest BCUT2D eigenvalue weighted by molar-refractivity contribution is -0.128. The molecule has 1 heterocycles. The molecule has 0 radical (unpaired) electrons. The molecule has 38 heavy (non-hydrogen) atoms. The molecular formula is C30H29Cl3N2O3. The summed E-state index contributed by atoms with van der Waals surface area (Å²) in [5.41, 5.74) is 3.92. The summed E-state index contributed by atoms with van der Waals surface area (Å²) in [6.45, 7) is 2.56. The number of hydrogen-bond donors (Lipinski definition) is 1. The highest BCUT2D eigenvalue weighted by molar-refractivity contribution is 6.37. The van der Waals surface area contributed by atoms with Crippen LogP contribution < -0.4 is 14.8 Å². The topological polar surface area (TPSA) is 50.8 Å². The van der Waals surface area contributed by atoms with E-state index in [1.807, 2.05) is 53.4 Å². The van der Waals surface area contributed by atoms with Gasteiger partial charge in [-0.25, -0.2) is 0 Å². The van der Waals surface area contributed by atoms with E-state index in [0.717, 1.165) is 53.8 Å². The standard InChI is InChI=1S/C30H29Cl3N2O3/c31-26-5-2-1-4-21(26)19-35(22-10-11-22)30(36)25-18-34-15-14-24(25)20-8-12-23(13-9-20)37-16-17-38-29-27(32)6-3-7-28(29)33/h1-9,12-13,22,34H,10-11,14-19H2. The maximum absolute atomic E-state index is 13.8. The summed E-state index contributed by atoms with van der Waals surface area (Å²) in [5, 5.41) is 5.01. The molecule has 0 unspecified atom stereocenters. The molecule has 1 aliphatic carbocycles. The molecule has 1 amide bonds. The first-order valence-electron chi connectivity index (χ1n) is 12.8. The number of carbonyl (C=O) groups excluding carboxylic acids is 1. The third-order valence-corrected chi connectivity index (χ3v) is 7.71. The third-order valence-electron chi connectivity index (χ3n) is 6.74. The van der Waals surface area contributed by atoms with Crippen LogP contribution in [0.1, 0.15) is 30.4 Å². The Labute approximate surface area is 238 Å². The summed E-state index contributed by atoms with van der Waals surface area (Å²) in [6.07, 6.45) is 2.85. The van der Waals surface area contributed by atoms with E-state index in [1.165, 1.54) is 0 Å². The van der Waals surface area contributed by atoms with Crippen LogP contribution in [0.5, 0.6) is 11.5 Å². The molecule has 0 spiro atoms. The van der Waals surface area contributed by atoms with E-state index in [4.69, 9.17) is 44.3 Å². The highest BCUT2D eigenvalue weighted by Gasteiger charge is 2.35. The zero-order valence-electron chi connectivity index (χ0n) is 20.9. The van der Waals surface area contributed by atoms with Crippen LogP contribution in [0.2, 0.25) is 15.1 Å². The van der Waals surface area contributed by atoms with Gasteiger partial charge in [-0.1, -0.05) is 71.2 Å². The highest BCUT2D eigenvalue weighted by atomic mass is 35.5. The Morgan fingerprint density at radius 2 is 1.55 bits per heavy atom. The molecule has 1 fully saturated rings. The Hall–Kier alpha value is -2.70. The molecule has 5 nitrogen and oxygen atoms in total. The summed E-state index contributed by atoms with van der Waals surface area (Å²) in [6, 6.07) is 21.1. The molecule has 3 aromatic carbocycles. The smallest absolute Gasteiger partial charge is 0.251 e. The minimum Gasteiger partial charge on any atom is -0.490 e. The van der Waals surface area contributed by atoms with E-state index >= 15 is 0 Å². The first kappa shape index (κ1) is 26.9. The number of amides is 1. The van der Waals surface area contributed by atoms with Crippen molar-refractivity contribution in [3.63, 3.8) is 0 Å². The molecule has 0 aromatic heterocycles. The third kappa shape index (κ3) is 6.47. The van der Waals surface area contributed by atoms with E-state index in [0.29, 0.717) is 47.1 Å². The van der Waals surface area contributed by atoms with Gasteiger partial charge >= 0.3 is 0 Å². The van der Waals surface area contributed by atoms with Crippen LogP contribution in [0.4, 0.5) is 0 Å². The number of hydrogen-bond acceptors (Lipinski definition) is 4. The van der Waals surface area contributed by atoms with Gasteiger partial charge < -0.3 is 19.7 Å². The van der Waals surface area contributed by atoms with Gasteiger partial charge in [0.2, 0.25) is 0 Å². The SMILES string of the molecule is O=C(C1=C(c2ccc(OCCOc3c(Cl)cccc3Cl)cc2)CCNC1)N(Cc1ccccc1Cl)C1CC1. The van der Waals surface area contributed by atoms with Gasteiger partial charge in [0.15, 0.2) is 5.75 Å². The van der Waals surface area contributed by atoms with Crippen molar-refractivity contribution in [2.45, 2.75) is 31.8 Å². The van der Waals surface area contributed by atoms with Crippen LogP contribution in [0.3, 0.4) is 0 Å². The average Bonchev–Trinajstić information content (AvgIpc) is 3.77. The van der Waals surface area contributed by atoms with Gasteiger partial charge in [-0.15, -0.1) is 0 Å². The summed E-state index contributed by atoms with van der Waals surface area (Å²) >= 11 is 18.7. The van der Waals surface area contributed by atoms with Gasteiger partial charge in [-0.05, 0) is 72.8 Å². The minimum absolute atomic E-state index is 0.0883. The van der Waals surface area contributed by atoms with E-state index in [-0.39, 0.29) is 11.9 Å². The molecule has 3 aromatic rings. The van der Waals surface area contributed by atoms with Gasteiger partial charge in [-0.2, -0.15) is 0 Å². The minimum atomic E-state index is 0.0883. The zero-order chi connectivity index (χ0) is 26.5. The Kier molecular flexibility index (Phi) is 8.80. The molecule has 1 saturated carbocycles. The first-order valence-corrected chi connectivity index (χ1v) is 13.9. The van der Waals surface area contributed by atoms with Crippen LogP contribution in [0.15, 0.2) is 72.3 Å². The fraction of sp³-hybridized carbons (Fsp3) is 0.300. The zero-order valence-corrected chi connectivity index (χ0v) is 23.2. The number of halogens is 3. The quantitative estimate of drug-likeness (QED) is 0.265. The van der Waals surface area contributed by atoms with Crippen LogP contribution in [0.25, 0.3) is 5.57 Å².